The summed E-state index contributed by atoms with van der Waals surface area (Å²) in [6.45, 7) is 0.145. The second-order valence-electron chi connectivity index (χ2n) is 3.69. The van der Waals surface area contributed by atoms with Gasteiger partial charge < -0.3 is 19.9 Å². The maximum absolute atomic E-state index is 10.9. The van der Waals surface area contributed by atoms with Gasteiger partial charge in [0.15, 0.2) is 11.5 Å². The Morgan fingerprint density at radius 2 is 2.33 bits per heavy atom. The maximum Gasteiger partial charge on any atom is 0.326 e. The molecule has 2 rings (SSSR count). The van der Waals surface area contributed by atoms with E-state index in [1.54, 1.807) is 12.1 Å². The minimum absolute atomic E-state index is 0.145. The number of amides is 1. The number of benzene rings is 1. The molecule has 1 aliphatic rings. The summed E-state index contributed by atoms with van der Waals surface area (Å²) in [6.07, 6.45) is 0.546. The minimum atomic E-state index is -1.09. The molecule has 0 aromatic heterocycles. The van der Waals surface area contributed by atoms with Crippen LogP contribution >= 0.6 is 15.9 Å². The summed E-state index contributed by atoms with van der Waals surface area (Å²) in [4.78, 5) is 21.3. The van der Waals surface area contributed by atoms with Crippen LogP contribution in [0.15, 0.2) is 16.6 Å². The fourth-order valence-electron chi connectivity index (χ4n) is 1.67. The number of halogens is 1. The van der Waals surface area contributed by atoms with Gasteiger partial charge in [-0.05, 0) is 33.6 Å². The van der Waals surface area contributed by atoms with Crippen LogP contribution in [-0.2, 0) is 16.0 Å². The van der Waals surface area contributed by atoms with Crippen LogP contribution in [-0.4, -0.2) is 30.3 Å². The van der Waals surface area contributed by atoms with Gasteiger partial charge in [0.25, 0.3) is 0 Å². The Kier molecular flexibility index (Phi) is 3.71. The molecular weight excluding hydrogens is 306 g/mol. The molecule has 7 heteroatoms. The number of rotatable bonds is 5. The Labute approximate surface area is 111 Å². The van der Waals surface area contributed by atoms with Crippen LogP contribution in [0.5, 0.6) is 11.5 Å². The highest BCUT2D eigenvalue weighted by molar-refractivity contribution is 9.10. The summed E-state index contributed by atoms with van der Waals surface area (Å²) in [5.74, 6) is 0.0828. The molecular formula is C11H10BrNO5. The third-order valence-electron chi connectivity index (χ3n) is 2.49. The fourth-order valence-corrected chi connectivity index (χ4v) is 2.28. The van der Waals surface area contributed by atoms with Crippen LogP contribution in [0, 0.1) is 0 Å². The summed E-state index contributed by atoms with van der Waals surface area (Å²) in [7, 11) is 0. The molecule has 96 valence electrons. The van der Waals surface area contributed by atoms with Crippen molar-refractivity contribution in [3.05, 3.63) is 22.2 Å². The van der Waals surface area contributed by atoms with E-state index in [2.05, 4.69) is 21.2 Å². The van der Waals surface area contributed by atoms with Crippen molar-refractivity contribution in [3.8, 4) is 11.5 Å². The second kappa shape index (κ2) is 5.26. The van der Waals surface area contributed by atoms with E-state index in [0.29, 0.717) is 22.4 Å². The summed E-state index contributed by atoms with van der Waals surface area (Å²) in [6, 6.07) is 2.49. The predicted octanol–water partition coefficient (Wildman–Crippen LogP) is 0.919. The van der Waals surface area contributed by atoms with Crippen molar-refractivity contribution in [2.75, 3.05) is 6.79 Å². The smallest absolute Gasteiger partial charge is 0.326 e. The molecule has 1 aromatic carbocycles. The number of fused-ring (bicyclic) bond motifs is 1. The lowest BCUT2D eigenvalue weighted by Gasteiger charge is -2.12. The molecule has 1 amide bonds. The number of carboxylic acids is 1. The van der Waals surface area contributed by atoms with Crippen LogP contribution in [0.3, 0.4) is 0 Å². The van der Waals surface area contributed by atoms with Gasteiger partial charge in [-0.1, -0.05) is 0 Å². The van der Waals surface area contributed by atoms with Crippen LogP contribution in [0.2, 0.25) is 0 Å². The molecule has 1 aromatic rings. The molecule has 0 spiro atoms. The van der Waals surface area contributed by atoms with Crippen molar-refractivity contribution < 1.29 is 24.2 Å². The average Bonchev–Trinajstić information content (AvgIpc) is 2.77. The molecule has 0 radical (unpaired) electrons. The molecule has 1 heterocycles. The van der Waals surface area contributed by atoms with Crippen molar-refractivity contribution in [3.63, 3.8) is 0 Å². The van der Waals surface area contributed by atoms with Crippen molar-refractivity contribution in [1.82, 2.24) is 5.32 Å². The maximum atomic E-state index is 10.9. The minimum Gasteiger partial charge on any atom is -0.480 e. The van der Waals surface area contributed by atoms with Crippen LogP contribution in [0.25, 0.3) is 0 Å². The van der Waals surface area contributed by atoms with E-state index >= 15 is 0 Å². The van der Waals surface area contributed by atoms with Crippen molar-refractivity contribution in [2.24, 2.45) is 0 Å². The molecule has 1 unspecified atom stereocenters. The van der Waals surface area contributed by atoms with Crippen molar-refractivity contribution in [1.29, 1.82) is 0 Å². The number of nitrogens with one attached hydrogen (secondary N) is 1. The molecule has 0 saturated heterocycles. The van der Waals surface area contributed by atoms with Crippen molar-refractivity contribution >= 4 is 28.3 Å². The van der Waals surface area contributed by atoms with E-state index in [4.69, 9.17) is 14.6 Å². The average molecular weight is 316 g/mol. The Morgan fingerprint density at radius 3 is 3.00 bits per heavy atom. The first-order valence-corrected chi connectivity index (χ1v) is 5.91. The molecule has 0 saturated carbocycles. The summed E-state index contributed by atoms with van der Waals surface area (Å²) < 4.78 is 11.2. The Bertz CT molecular complexity index is 491. The largest absolute Gasteiger partial charge is 0.480 e. The lowest BCUT2D eigenvalue weighted by molar-refractivity contribution is -0.140. The number of aliphatic carboxylic acids is 1. The van der Waals surface area contributed by atoms with Gasteiger partial charge in [-0.15, -0.1) is 0 Å². The third-order valence-corrected chi connectivity index (χ3v) is 3.08. The van der Waals surface area contributed by atoms with Gasteiger partial charge in [-0.2, -0.15) is 0 Å². The first-order chi connectivity index (χ1) is 8.61. The Morgan fingerprint density at radius 1 is 1.56 bits per heavy atom. The number of hydrogen-bond donors (Lipinski definition) is 2. The van der Waals surface area contributed by atoms with Gasteiger partial charge in [0, 0.05) is 6.42 Å². The van der Waals surface area contributed by atoms with Crippen LogP contribution in [0.4, 0.5) is 0 Å². The van der Waals surface area contributed by atoms with Gasteiger partial charge in [-0.3, -0.25) is 4.79 Å². The zero-order chi connectivity index (χ0) is 13.1. The molecule has 1 aliphatic heterocycles. The number of carboxylic acid groups (broad SMARTS) is 1. The zero-order valence-electron chi connectivity index (χ0n) is 9.18. The van der Waals surface area contributed by atoms with Gasteiger partial charge in [-0.25, -0.2) is 4.79 Å². The molecule has 2 N–H and O–H groups in total. The second-order valence-corrected chi connectivity index (χ2v) is 4.55. The molecule has 18 heavy (non-hydrogen) atoms. The molecule has 0 fully saturated rings. The highest BCUT2D eigenvalue weighted by Gasteiger charge is 2.21. The Hall–Kier alpha value is -1.76. The number of ether oxygens (including phenoxy) is 2. The van der Waals surface area contributed by atoms with Gasteiger partial charge in [0.05, 0.1) is 4.47 Å². The van der Waals surface area contributed by atoms with Crippen molar-refractivity contribution in [2.45, 2.75) is 12.5 Å². The standard InChI is InChI=1S/C11H10BrNO5/c12-7-1-6(2-8(11(15)16)13-4-14)3-9-10(7)18-5-17-9/h1,3-4,8H,2,5H2,(H,13,14)(H,15,16). The van der Waals surface area contributed by atoms with E-state index in [0.717, 1.165) is 5.56 Å². The van der Waals surface area contributed by atoms with Crippen LogP contribution in [0.1, 0.15) is 5.56 Å². The predicted molar refractivity (Wildman–Crippen MR) is 64.6 cm³/mol. The Balaban J connectivity index is 2.21. The molecule has 0 bridgehead atoms. The van der Waals surface area contributed by atoms with Gasteiger partial charge >= 0.3 is 5.97 Å². The van der Waals surface area contributed by atoms with E-state index < -0.39 is 12.0 Å². The van der Waals surface area contributed by atoms with Gasteiger partial charge in [0.1, 0.15) is 6.04 Å². The highest BCUT2D eigenvalue weighted by Crippen LogP contribution is 2.40. The lowest BCUT2D eigenvalue weighted by Crippen LogP contribution is -2.37. The van der Waals surface area contributed by atoms with Gasteiger partial charge in [0.2, 0.25) is 13.2 Å². The summed E-state index contributed by atoms with van der Waals surface area (Å²) >= 11 is 3.32. The molecule has 1 atom stereocenters. The lowest BCUT2D eigenvalue weighted by atomic mass is 10.1. The molecule has 6 nitrogen and oxygen atoms in total. The fraction of sp³-hybridized carbons (Fsp3) is 0.273. The van der Waals surface area contributed by atoms with E-state index in [9.17, 15) is 9.59 Å². The first-order valence-electron chi connectivity index (χ1n) is 5.12. The third kappa shape index (κ3) is 2.56. The quantitative estimate of drug-likeness (QED) is 0.789. The van der Waals surface area contributed by atoms with E-state index in [-0.39, 0.29) is 13.2 Å². The monoisotopic (exact) mass is 315 g/mol. The number of carbonyl (C=O) groups is 2. The summed E-state index contributed by atoms with van der Waals surface area (Å²) in [5.41, 5.74) is 0.730. The highest BCUT2D eigenvalue weighted by atomic mass is 79.9. The van der Waals surface area contributed by atoms with E-state index in [1.807, 2.05) is 0 Å². The zero-order valence-corrected chi connectivity index (χ0v) is 10.8. The number of carbonyl (C=O) groups excluding carboxylic acids is 1. The number of hydrogen-bond acceptors (Lipinski definition) is 4. The van der Waals surface area contributed by atoms with E-state index in [1.165, 1.54) is 0 Å². The summed E-state index contributed by atoms with van der Waals surface area (Å²) in [5, 5.41) is 11.2. The van der Waals surface area contributed by atoms with Crippen LogP contribution < -0.4 is 14.8 Å². The normalized spacial score (nSPS) is 14.1. The topological polar surface area (TPSA) is 84.9 Å². The first kappa shape index (κ1) is 12.7. The SMILES string of the molecule is O=CNC(Cc1cc(Br)c2c(c1)OCO2)C(=O)O. The molecule has 0 aliphatic carbocycles.